The van der Waals surface area contributed by atoms with Crippen LogP contribution in [0.5, 0.6) is 0 Å². The Morgan fingerprint density at radius 1 is 1.43 bits per heavy atom. The summed E-state index contributed by atoms with van der Waals surface area (Å²) in [6.07, 6.45) is 0.843. The quantitative estimate of drug-likeness (QED) is 0.568. The largest absolute Gasteiger partial charge is 0.370 e. The maximum atomic E-state index is 11.2. The zero-order valence-electron chi connectivity index (χ0n) is 8.49. The monoisotopic (exact) mass is 218 g/mol. The van der Waals surface area contributed by atoms with E-state index in [1.54, 1.807) is 18.7 Å². The van der Waals surface area contributed by atoms with E-state index in [1.807, 2.05) is 0 Å². The van der Waals surface area contributed by atoms with Crippen molar-refractivity contribution in [1.29, 1.82) is 0 Å². The zero-order valence-corrected chi connectivity index (χ0v) is 9.31. The van der Waals surface area contributed by atoms with Crippen LogP contribution in [0.25, 0.3) is 0 Å². The van der Waals surface area contributed by atoms with Gasteiger partial charge in [-0.15, -0.1) is 0 Å². The van der Waals surface area contributed by atoms with Crippen molar-refractivity contribution in [1.82, 2.24) is 0 Å². The number of amides is 1. The first-order valence-electron chi connectivity index (χ1n) is 4.64. The van der Waals surface area contributed by atoms with E-state index in [1.165, 1.54) is 0 Å². The van der Waals surface area contributed by atoms with E-state index in [-0.39, 0.29) is 24.0 Å². The lowest BCUT2D eigenvalue weighted by molar-refractivity contribution is -0.121. The van der Waals surface area contributed by atoms with Crippen LogP contribution in [0.2, 0.25) is 0 Å². The van der Waals surface area contributed by atoms with Crippen molar-refractivity contribution in [3.8, 4) is 0 Å². The topological polar surface area (TPSA) is 86.2 Å². The molecule has 0 bridgehead atoms. The van der Waals surface area contributed by atoms with Crippen LogP contribution in [0.1, 0.15) is 19.8 Å². The number of hydrogen-bond donors (Lipinski definition) is 2. The highest BCUT2D eigenvalue weighted by molar-refractivity contribution is 7.99. The molecule has 0 aromatic carbocycles. The molecule has 0 saturated heterocycles. The van der Waals surface area contributed by atoms with E-state index in [4.69, 9.17) is 11.5 Å². The van der Waals surface area contributed by atoms with Gasteiger partial charge >= 0.3 is 0 Å². The predicted octanol–water partition coefficient (Wildman–Crippen LogP) is 0.149. The van der Waals surface area contributed by atoms with Gasteiger partial charge in [-0.25, -0.2) is 0 Å². The van der Waals surface area contributed by atoms with Gasteiger partial charge in [0.25, 0.3) is 0 Å². The number of primary amides is 1. The fourth-order valence-corrected chi connectivity index (χ4v) is 2.05. The standard InChI is InChI=1S/C9H18N2O2S/c1-7(12)8(2-3-9(11)13)6-14-5-4-10/h8H,2-6,10H2,1H3,(H2,11,13). The average molecular weight is 218 g/mol. The van der Waals surface area contributed by atoms with E-state index in [9.17, 15) is 9.59 Å². The van der Waals surface area contributed by atoms with Crippen molar-refractivity contribution in [3.05, 3.63) is 0 Å². The SMILES string of the molecule is CC(=O)C(CCC(N)=O)CSCCN. The lowest BCUT2D eigenvalue weighted by Gasteiger charge is -2.11. The molecule has 0 aromatic heterocycles. The molecule has 0 heterocycles. The number of nitrogens with two attached hydrogens (primary N) is 2. The highest BCUT2D eigenvalue weighted by atomic mass is 32.2. The summed E-state index contributed by atoms with van der Waals surface area (Å²) < 4.78 is 0. The molecule has 82 valence electrons. The van der Waals surface area contributed by atoms with Crippen LogP contribution in [0.4, 0.5) is 0 Å². The molecule has 0 aliphatic rings. The smallest absolute Gasteiger partial charge is 0.217 e. The minimum atomic E-state index is -0.347. The molecule has 4 N–H and O–H groups in total. The normalized spacial score (nSPS) is 12.4. The average Bonchev–Trinajstić information content (AvgIpc) is 2.10. The van der Waals surface area contributed by atoms with Gasteiger partial charge in [-0.1, -0.05) is 0 Å². The second-order valence-electron chi connectivity index (χ2n) is 3.18. The Kier molecular flexibility index (Phi) is 7.51. The Morgan fingerprint density at radius 2 is 2.07 bits per heavy atom. The Balaban J connectivity index is 3.78. The van der Waals surface area contributed by atoms with E-state index in [0.29, 0.717) is 13.0 Å². The molecule has 14 heavy (non-hydrogen) atoms. The molecule has 0 saturated carbocycles. The summed E-state index contributed by atoms with van der Waals surface area (Å²) in [6, 6.07) is 0. The molecule has 1 atom stereocenters. The van der Waals surface area contributed by atoms with Crippen LogP contribution in [-0.4, -0.2) is 29.7 Å². The Hall–Kier alpha value is -0.550. The van der Waals surface area contributed by atoms with E-state index in [2.05, 4.69) is 0 Å². The summed E-state index contributed by atoms with van der Waals surface area (Å²) in [6.45, 7) is 2.17. The molecule has 1 amide bonds. The van der Waals surface area contributed by atoms with Gasteiger partial charge in [-0.3, -0.25) is 9.59 Å². The number of carbonyl (C=O) groups is 2. The molecule has 0 fully saturated rings. The molecule has 0 spiro atoms. The summed E-state index contributed by atoms with van der Waals surface area (Å²) in [5, 5.41) is 0. The van der Waals surface area contributed by atoms with Crippen molar-refractivity contribution in [2.24, 2.45) is 17.4 Å². The summed E-state index contributed by atoms with van der Waals surface area (Å²) in [5.41, 5.74) is 10.4. The van der Waals surface area contributed by atoms with Crippen LogP contribution >= 0.6 is 11.8 Å². The number of carbonyl (C=O) groups excluding carboxylic acids is 2. The fourth-order valence-electron chi connectivity index (χ4n) is 1.03. The summed E-state index contributed by atoms with van der Waals surface area (Å²) in [5.74, 6) is 1.30. The molecule has 0 aromatic rings. The number of ketones is 1. The second-order valence-corrected chi connectivity index (χ2v) is 4.33. The van der Waals surface area contributed by atoms with Gasteiger partial charge in [-0.2, -0.15) is 11.8 Å². The molecule has 4 nitrogen and oxygen atoms in total. The van der Waals surface area contributed by atoms with Crippen LogP contribution in [0.3, 0.4) is 0 Å². The van der Waals surface area contributed by atoms with E-state index < -0.39 is 0 Å². The van der Waals surface area contributed by atoms with Crippen LogP contribution < -0.4 is 11.5 Å². The third kappa shape index (κ3) is 6.91. The minimum absolute atomic E-state index is 0.0564. The van der Waals surface area contributed by atoms with Gasteiger partial charge in [0, 0.05) is 30.4 Å². The van der Waals surface area contributed by atoms with Crippen LogP contribution in [0, 0.1) is 5.92 Å². The van der Waals surface area contributed by atoms with Gasteiger partial charge < -0.3 is 11.5 Å². The van der Waals surface area contributed by atoms with E-state index in [0.717, 1.165) is 11.5 Å². The van der Waals surface area contributed by atoms with Crippen LogP contribution in [0.15, 0.2) is 0 Å². The zero-order chi connectivity index (χ0) is 11.0. The molecular weight excluding hydrogens is 200 g/mol. The number of rotatable bonds is 8. The molecule has 1 unspecified atom stereocenters. The third-order valence-electron chi connectivity index (χ3n) is 1.90. The van der Waals surface area contributed by atoms with Gasteiger partial charge in [0.1, 0.15) is 5.78 Å². The lowest BCUT2D eigenvalue weighted by atomic mass is 10.0. The van der Waals surface area contributed by atoms with Gasteiger partial charge in [0.05, 0.1) is 0 Å². The maximum Gasteiger partial charge on any atom is 0.217 e. The van der Waals surface area contributed by atoms with Crippen molar-refractivity contribution in [2.45, 2.75) is 19.8 Å². The number of Topliss-reactive ketones (excluding diaryl/α,β-unsaturated/α-hetero) is 1. The Bertz CT molecular complexity index is 197. The predicted molar refractivity (Wildman–Crippen MR) is 59.0 cm³/mol. The second kappa shape index (κ2) is 7.82. The van der Waals surface area contributed by atoms with Crippen molar-refractivity contribution in [2.75, 3.05) is 18.1 Å². The Labute approximate surface area is 88.8 Å². The highest BCUT2D eigenvalue weighted by Gasteiger charge is 2.14. The molecule has 0 aliphatic heterocycles. The van der Waals surface area contributed by atoms with Gasteiger partial charge in [0.15, 0.2) is 0 Å². The number of hydrogen-bond acceptors (Lipinski definition) is 4. The first-order valence-corrected chi connectivity index (χ1v) is 5.80. The maximum absolute atomic E-state index is 11.2. The lowest BCUT2D eigenvalue weighted by Crippen LogP contribution is -2.19. The van der Waals surface area contributed by atoms with Crippen molar-refractivity contribution < 1.29 is 9.59 Å². The molecular formula is C9H18N2O2S. The molecule has 0 rings (SSSR count). The first kappa shape index (κ1) is 13.4. The summed E-state index contributed by atoms with van der Waals surface area (Å²) in [7, 11) is 0. The van der Waals surface area contributed by atoms with Crippen molar-refractivity contribution >= 4 is 23.5 Å². The third-order valence-corrected chi connectivity index (χ3v) is 3.06. The molecule has 5 heteroatoms. The minimum Gasteiger partial charge on any atom is -0.370 e. The van der Waals surface area contributed by atoms with E-state index >= 15 is 0 Å². The molecule has 0 aliphatic carbocycles. The summed E-state index contributed by atoms with van der Waals surface area (Å²) >= 11 is 1.64. The Morgan fingerprint density at radius 3 is 2.50 bits per heavy atom. The molecule has 0 radical (unpaired) electrons. The van der Waals surface area contributed by atoms with Crippen LogP contribution in [-0.2, 0) is 9.59 Å². The van der Waals surface area contributed by atoms with Crippen molar-refractivity contribution in [3.63, 3.8) is 0 Å². The first-order chi connectivity index (χ1) is 6.57. The number of thioether (sulfide) groups is 1. The fraction of sp³-hybridized carbons (Fsp3) is 0.778. The highest BCUT2D eigenvalue weighted by Crippen LogP contribution is 2.14. The van der Waals surface area contributed by atoms with Gasteiger partial charge in [0.2, 0.25) is 5.91 Å². The van der Waals surface area contributed by atoms with Gasteiger partial charge in [-0.05, 0) is 13.3 Å². The summed E-state index contributed by atoms with van der Waals surface area (Å²) in [4.78, 5) is 21.7.